The molecular formula is C22H18Cl2N2O3. The molecule has 3 aromatic rings. The van der Waals surface area contributed by atoms with E-state index in [2.05, 4.69) is 10.9 Å². The van der Waals surface area contributed by atoms with Gasteiger partial charge in [-0.1, -0.05) is 83.9 Å². The summed E-state index contributed by atoms with van der Waals surface area (Å²) in [6.07, 6.45) is 0. The van der Waals surface area contributed by atoms with Crippen LogP contribution in [0.15, 0.2) is 78.9 Å². The van der Waals surface area contributed by atoms with Crippen molar-refractivity contribution in [3.63, 3.8) is 0 Å². The van der Waals surface area contributed by atoms with Crippen LogP contribution in [-0.4, -0.2) is 18.4 Å². The second-order valence-corrected chi connectivity index (χ2v) is 7.00. The van der Waals surface area contributed by atoms with Gasteiger partial charge in [0, 0.05) is 5.02 Å². The molecule has 0 aromatic heterocycles. The number of carbonyl (C=O) groups excluding carboxylic acids is 2. The van der Waals surface area contributed by atoms with Crippen LogP contribution in [0.5, 0.6) is 5.75 Å². The lowest BCUT2D eigenvalue weighted by Gasteiger charge is -2.18. The minimum atomic E-state index is -0.565. The van der Waals surface area contributed by atoms with Crippen molar-refractivity contribution in [2.45, 2.75) is 5.92 Å². The number of nitrogens with one attached hydrogen (secondary N) is 2. The van der Waals surface area contributed by atoms with Gasteiger partial charge in [-0.3, -0.25) is 20.4 Å². The molecule has 0 saturated heterocycles. The van der Waals surface area contributed by atoms with E-state index >= 15 is 0 Å². The van der Waals surface area contributed by atoms with Crippen LogP contribution in [0, 0.1) is 0 Å². The molecule has 0 fully saturated rings. The molecule has 2 amide bonds. The molecule has 0 heterocycles. The number of ether oxygens (including phenoxy) is 1. The zero-order valence-electron chi connectivity index (χ0n) is 15.3. The number of rotatable bonds is 6. The van der Waals surface area contributed by atoms with Gasteiger partial charge >= 0.3 is 0 Å². The third-order valence-corrected chi connectivity index (χ3v) is 4.64. The second kappa shape index (κ2) is 9.96. The van der Waals surface area contributed by atoms with Crippen LogP contribution in [0.4, 0.5) is 0 Å². The van der Waals surface area contributed by atoms with E-state index in [1.807, 2.05) is 60.7 Å². The van der Waals surface area contributed by atoms with E-state index in [0.717, 1.165) is 11.1 Å². The Bertz CT molecular complexity index is 942. The summed E-state index contributed by atoms with van der Waals surface area (Å²) in [5, 5.41) is 0.759. The first kappa shape index (κ1) is 20.7. The number of hydrogen-bond donors (Lipinski definition) is 2. The molecule has 0 radical (unpaired) electrons. The fourth-order valence-corrected chi connectivity index (χ4v) is 3.22. The largest absolute Gasteiger partial charge is 0.482 e. The smallest absolute Gasteiger partial charge is 0.276 e. The number of benzene rings is 3. The molecule has 29 heavy (non-hydrogen) atoms. The molecule has 5 nitrogen and oxygen atoms in total. The van der Waals surface area contributed by atoms with Crippen molar-refractivity contribution in [2.75, 3.05) is 6.61 Å². The number of carbonyl (C=O) groups is 2. The van der Waals surface area contributed by atoms with Crippen LogP contribution >= 0.6 is 23.2 Å². The number of amides is 2. The Balaban J connectivity index is 1.62. The molecule has 0 unspecified atom stereocenters. The van der Waals surface area contributed by atoms with Gasteiger partial charge in [0.25, 0.3) is 5.91 Å². The Morgan fingerprint density at radius 3 is 1.97 bits per heavy atom. The molecule has 3 aromatic carbocycles. The van der Waals surface area contributed by atoms with E-state index in [1.165, 1.54) is 6.07 Å². The van der Waals surface area contributed by atoms with Gasteiger partial charge in [-0.15, -0.1) is 0 Å². The highest BCUT2D eigenvalue weighted by Gasteiger charge is 2.23. The highest BCUT2D eigenvalue weighted by Crippen LogP contribution is 2.27. The van der Waals surface area contributed by atoms with Crippen LogP contribution in [0.1, 0.15) is 17.0 Å². The van der Waals surface area contributed by atoms with E-state index in [-0.39, 0.29) is 12.5 Å². The number of hydrogen-bond acceptors (Lipinski definition) is 3. The Morgan fingerprint density at radius 1 is 0.828 bits per heavy atom. The van der Waals surface area contributed by atoms with Crippen molar-refractivity contribution in [2.24, 2.45) is 0 Å². The van der Waals surface area contributed by atoms with E-state index < -0.39 is 11.8 Å². The molecule has 148 valence electrons. The third-order valence-electron chi connectivity index (χ3n) is 4.11. The molecule has 3 rings (SSSR count). The summed E-state index contributed by atoms with van der Waals surface area (Å²) in [5.41, 5.74) is 6.47. The predicted molar refractivity (Wildman–Crippen MR) is 113 cm³/mol. The Labute approximate surface area is 178 Å². The molecular weight excluding hydrogens is 411 g/mol. The predicted octanol–water partition coefficient (Wildman–Crippen LogP) is 4.35. The van der Waals surface area contributed by atoms with Gasteiger partial charge in [0.15, 0.2) is 6.61 Å². The molecule has 0 bridgehead atoms. The Kier molecular flexibility index (Phi) is 7.11. The van der Waals surface area contributed by atoms with Crippen LogP contribution in [0.2, 0.25) is 10.0 Å². The van der Waals surface area contributed by atoms with Gasteiger partial charge in [0.1, 0.15) is 5.75 Å². The van der Waals surface area contributed by atoms with E-state index in [4.69, 9.17) is 27.9 Å². The minimum absolute atomic E-state index is 0.294. The summed E-state index contributed by atoms with van der Waals surface area (Å²) >= 11 is 11.8. The van der Waals surface area contributed by atoms with Crippen LogP contribution < -0.4 is 15.6 Å². The maximum Gasteiger partial charge on any atom is 0.276 e. The first-order chi connectivity index (χ1) is 14.0. The van der Waals surface area contributed by atoms with Crippen molar-refractivity contribution in [1.82, 2.24) is 10.9 Å². The average molecular weight is 429 g/mol. The highest BCUT2D eigenvalue weighted by atomic mass is 35.5. The fraction of sp³-hybridized carbons (Fsp3) is 0.0909. The minimum Gasteiger partial charge on any atom is -0.482 e. The molecule has 0 spiro atoms. The van der Waals surface area contributed by atoms with Crippen LogP contribution in [0.3, 0.4) is 0 Å². The van der Waals surface area contributed by atoms with Gasteiger partial charge in [-0.25, -0.2) is 0 Å². The van der Waals surface area contributed by atoms with Crippen LogP contribution in [0.25, 0.3) is 0 Å². The van der Waals surface area contributed by atoms with Crippen molar-refractivity contribution >= 4 is 35.0 Å². The zero-order valence-corrected chi connectivity index (χ0v) is 16.8. The van der Waals surface area contributed by atoms with Crippen molar-refractivity contribution in [1.29, 1.82) is 0 Å². The average Bonchev–Trinajstić information content (AvgIpc) is 2.73. The number of hydrazine groups is 1. The van der Waals surface area contributed by atoms with E-state index in [1.54, 1.807) is 12.1 Å². The normalized spacial score (nSPS) is 10.4. The van der Waals surface area contributed by atoms with Gasteiger partial charge in [0.2, 0.25) is 5.91 Å². The summed E-state index contributed by atoms with van der Waals surface area (Å²) in [6, 6.07) is 23.4. The van der Waals surface area contributed by atoms with Gasteiger partial charge in [0.05, 0.1) is 10.9 Å². The molecule has 0 aliphatic rings. The molecule has 0 aliphatic heterocycles. The van der Waals surface area contributed by atoms with Crippen molar-refractivity contribution < 1.29 is 14.3 Å². The summed E-state index contributed by atoms with van der Waals surface area (Å²) in [7, 11) is 0. The monoisotopic (exact) mass is 428 g/mol. The first-order valence-corrected chi connectivity index (χ1v) is 9.56. The van der Waals surface area contributed by atoms with Gasteiger partial charge in [-0.2, -0.15) is 0 Å². The maximum absolute atomic E-state index is 12.8. The van der Waals surface area contributed by atoms with E-state index in [0.29, 0.717) is 15.8 Å². The molecule has 0 saturated carbocycles. The summed E-state index contributed by atoms with van der Waals surface area (Å²) < 4.78 is 5.36. The first-order valence-electron chi connectivity index (χ1n) is 8.81. The molecule has 2 N–H and O–H groups in total. The Morgan fingerprint density at radius 2 is 1.41 bits per heavy atom. The van der Waals surface area contributed by atoms with Gasteiger partial charge in [-0.05, 0) is 29.3 Å². The highest BCUT2D eigenvalue weighted by molar-refractivity contribution is 6.35. The lowest BCUT2D eigenvalue weighted by molar-refractivity contribution is -0.130. The second-order valence-electron chi connectivity index (χ2n) is 6.16. The standard InChI is InChI=1S/C22H18Cl2N2O3/c23-17-11-12-19(18(24)13-17)29-14-20(27)25-26-22(28)21(15-7-3-1-4-8-15)16-9-5-2-6-10-16/h1-13,21H,14H2,(H,25,27)(H,26,28). The topological polar surface area (TPSA) is 67.4 Å². The van der Waals surface area contributed by atoms with Gasteiger partial charge < -0.3 is 4.74 Å². The quantitative estimate of drug-likeness (QED) is 0.573. The van der Waals surface area contributed by atoms with E-state index in [9.17, 15) is 9.59 Å². The maximum atomic E-state index is 12.8. The fourth-order valence-electron chi connectivity index (χ4n) is 2.76. The molecule has 7 heteroatoms. The number of halogens is 2. The summed E-state index contributed by atoms with van der Waals surface area (Å²) in [6.45, 7) is -0.316. The molecule has 0 aliphatic carbocycles. The lowest BCUT2D eigenvalue weighted by atomic mass is 9.91. The van der Waals surface area contributed by atoms with Crippen LogP contribution in [-0.2, 0) is 9.59 Å². The third kappa shape index (κ3) is 5.73. The zero-order chi connectivity index (χ0) is 20.6. The lowest BCUT2D eigenvalue weighted by Crippen LogP contribution is -2.46. The summed E-state index contributed by atoms with van der Waals surface area (Å²) in [4.78, 5) is 24.9. The molecule has 0 atom stereocenters. The summed E-state index contributed by atoms with van der Waals surface area (Å²) in [5.74, 6) is -1.13. The Hall–Kier alpha value is -3.02. The van der Waals surface area contributed by atoms with Crippen molar-refractivity contribution in [3.8, 4) is 5.75 Å². The van der Waals surface area contributed by atoms with Crippen molar-refractivity contribution in [3.05, 3.63) is 100 Å². The SMILES string of the molecule is O=C(COc1ccc(Cl)cc1Cl)NNC(=O)C(c1ccccc1)c1ccccc1.